The van der Waals surface area contributed by atoms with Crippen molar-refractivity contribution >= 4 is 24.5 Å². The van der Waals surface area contributed by atoms with Crippen molar-refractivity contribution in [1.29, 1.82) is 0 Å². The molecular weight excluding hydrogens is 310 g/mol. The first kappa shape index (κ1) is 17.1. The van der Waals surface area contributed by atoms with Crippen molar-refractivity contribution < 1.29 is 14.7 Å². The van der Waals surface area contributed by atoms with Crippen LogP contribution >= 0.6 is 12.6 Å². The summed E-state index contributed by atoms with van der Waals surface area (Å²) in [5, 5.41) is 12.0. The van der Waals surface area contributed by atoms with Gasteiger partial charge in [-0.15, -0.1) is 0 Å². The highest BCUT2D eigenvalue weighted by molar-refractivity contribution is 7.80. The molecule has 0 fully saturated rings. The third kappa shape index (κ3) is 4.86. The molecule has 0 aliphatic heterocycles. The van der Waals surface area contributed by atoms with Crippen LogP contribution in [0.3, 0.4) is 0 Å². The first-order valence-electron chi connectivity index (χ1n) is 7.34. The van der Waals surface area contributed by atoms with Crippen LogP contribution in [0.4, 0.5) is 0 Å². The molecule has 2 N–H and O–H groups in total. The minimum absolute atomic E-state index is 0.305. The Balaban J connectivity index is 2.09. The largest absolute Gasteiger partial charge is 0.479 e. The molecule has 23 heavy (non-hydrogen) atoms. The molecular formula is C18H19NO3S. The summed E-state index contributed by atoms with van der Waals surface area (Å²) < 4.78 is 0. The Kier molecular flexibility index (Phi) is 6.23. The van der Waals surface area contributed by atoms with Crippen molar-refractivity contribution in [2.24, 2.45) is 5.92 Å². The Labute approximate surface area is 141 Å². The Morgan fingerprint density at radius 1 is 1.00 bits per heavy atom. The molecule has 0 saturated carbocycles. The van der Waals surface area contributed by atoms with Crippen molar-refractivity contribution in [3.8, 4) is 0 Å². The van der Waals surface area contributed by atoms with Crippen molar-refractivity contribution in [2.45, 2.75) is 12.5 Å². The smallest absolute Gasteiger partial charge is 0.330 e. The maximum absolute atomic E-state index is 12.4. The number of hydrogen-bond donors (Lipinski definition) is 3. The predicted octanol–water partition coefficient (Wildman–Crippen LogP) is 2.72. The molecule has 4 nitrogen and oxygen atoms in total. The van der Waals surface area contributed by atoms with Crippen LogP contribution in [-0.4, -0.2) is 22.7 Å². The number of rotatable bonds is 7. The molecule has 120 valence electrons. The quantitative estimate of drug-likeness (QED) is 0.684. The normalized spacial score (nSPS) is 13.1. The molecule has 0 aliphatic carbocycles. The number of amides is 1. The average Bonchev–Trinajstić information content (AvgIpc) is 2.58. The van der Waals surface area contributed by atoms with Crippen LogP contribution in [0.25, 0.3) is 0 Å². The monoisotopic (exact) mass is 329 g/mol. The first-order valence-corrected chi connectivity index (χ1v) is 7.98. The summed E-state index contributed by atoms with van der Waals surface area (Å²) in [4.78, 5) is 23.9. The Morgan fingerprint density at radius 2 is 1.57 bits per heavy atom. The summed E-state index contributed by atoms with van der Waals surface area (Å²) >= 11 is 4.24. The zero-order chi connectivity index (χ0) is 16.7. The van der Waals surface area contributed by atoms with Gasteiger partial charge in [0.05, 0.1) is 5.92 Å². The minimum Gasteiger partial charge on any atom is -0.479 e. The maximum Gasteiger partial charge on any atom is 0.330 e. The summed E-state index contributed by atoms with van der Waals surface area (Å²) in [6.45, 7) is 0. The van der Waals surface area contributed by atoms with E-state index in [0.717, 1.165) is 5.56 Å². The number of hydrogen-bond acceptors (Lipinski definition) is 3. The molecule has 2 aromatic carbocycles. The van der Waals surface area contributed by atoms with Gasteiger partial charge in [0.2, 0.25) is 5.91 Å². The van der Waals surface area contributed by atoms with Gasteiger partial charge in [-0.05, 0) is 17.5 Å². The zero-order valence-electron chi connectivity index (χ0n) is 12.6. The number of carbonyl (C=O) groups excluding carboxylic acids is 1. The van der Waals surface area contributed by atoms with Gasteiger partial charge in [-0.25, -0.2) is 4.79 Å². The highest BCUT2D eigenvalue weighted by Gasteiger charge is 2.25. The van der Waals surface area contributed by atoms with Gasteiger partial charge < -0.3 is 10.4 Å². The summed E-state index contributed by atoms with van der Waals surface area (Å²) in [6, 6.07) is 17.2. The molecule has 0 saturated heterocycles. The van der Waals surface area contributed by atoms with E-state index < -0.39 is 12.0 Å². The van der Waals surface area contributed by atoms with E-state index >= 15 is 0 Å². The van der Waals surface area contributed by atoms with E-state index in [2.05, 4.69) is 17.9 Å². The Bertz CT molecular complexity index is 646. The molecule has 0 aliphatic rings. The predicted molar refractivity (Wildman–Crippen MR) is 92.5 cm³/mol. The van der Waals surface area contributed by atoms with Crippen molar-refractivity contribution in [1.82, 2.24) is 5.32 Å². The van der Waals surface area contributed by atoms with Crippen molar-refractivity contribution in [3.63, 3.8) is 0 Å². The lowest BCUT2D eigenvalue weighted by atomic mass is 9.99. The second-order valence-electron chi connectivity index (χ2n) is 5.26. The van der Waals surface area contributed by atoms with Crippen LogP contribution in [0, 0.1) is 5.92 Å². The van der Waals surface area contributed by atoms with Gasteiger partial charge >= 0.3 is 5.97 Å². The number of thiol groups is 1. The summed E-state index contributed by atoms with van der Waals surface area (Å²) in [5.41, 5.74) is 1.57. The first-order chi connectivity index (χ1) is 11.1. The highest BCUT2D eigenvalue weighted by Crippen LogP contribution is 2.16. The van der Waals surface area contributed by atoms with Crippen LogP contribution < -0.4 is 5.32 Å². The number of benzene rings is 2. The summed E-state index contributed by atoms with van der Waals surface area (Å²) in [7, 11) is 0. The second kappa shape index (κ2) is 8.39. The molecule has 5 heteroatoms. The van der Waals surface area contributed by atoms with E-state index in [1.807, 2.05) is 30.3 Å². The van der Waals surface area contributed by atoms with E-state index in [1.54, 1.807) is 30.3 Å². The third-order valence-electron chi connectivity index (χ3n) is 3.58. The molecule has 2 atom stereocenters. The summed E-state index contributed by atoms with van der Waals surface area (Å²) in [5.74, 6) is -1.42. The van der Waals surface area contributed by atoms with Gasteiger partial charge in [-0.2, -0.15) is 12.6 Å². The Morgan fingerprint density at radius 3 is 2.09 bits per heavy atom. The minimum atomic E-state index is -1.08. The fourth-order valence-electron chi connectivity index (χ4n) is 2.33. The molecule has 1 amide bonds. The molecule has 0 aromatic heterocycles. The van der Waals surface area contributed by atoms with Crippen molar-refractivity contribution in [3.05, 3.63) is 71.8 Å². The van der Waals surface area contributed by atoms with E-state index in [9.17, 15) is 14.7 Å². The van der Waals surface area contributed by atoms with Gasteiger partial charge in [0, 0.05) is 5.75 Å². The lowest BCUT2D eigenvalue weighted by Crippen LogP contribution is -2.39. The highest BCUT2D eigenvalue weighted by atomic mass is 32.1. The molecule has 0 bridgehead atoms. The van der Waals surface area contributed by atoms with Crippen LogP contribution in [0.1, 0.15) is 17.2 Å². The van der Waals surface area contributed by atoms with Crippen LogP contribution in [0.2, 0.25) is 0 Å². The zero-order valence-corrected chi connectivity index (χ0v) is 13.4. The van der Waals surface area contributed by atoms with Gasteiger partial charge in [0.25, 0.3) is 0 Å². The van der Waals surface area contributed by atoms with Gasteiger partial charge in [-0.3, -0.25) is 4.79 Å². The maximum atomic E-state index is 12.4. The molecule has 1 unspecified atom stereocenters. The molecule has 0 radical (unpaired) electrons. The van der Waals surface area contributed by atoms with E-state index in [0.29, 0.717) is 17.7 Å². The topological polar surface area (TPSA) is 66.4 Å². The number of carbonyl (C=O) groups is 2. The fraction of sp³-hybridized carbons (Fsp3) is 0.222. The van der Waals surface area contributed by atoms with E-state index in [1.165, 1.54) is 0 Å². The van der Waals surface area contributed by atoms with Crippen molar-refractivity contribution in [2.75, 3.05) is 5.75 Å². The standard InChI is InChI=1S/C18H19NO3S/c20-17(15(12-23)11-13-7-3-1-4-8-13)19-16(18(21)22)14-9-5-2-6-10-14/h1-10,15-16,23H,11-12H2,(H,19,20)(H,21,22)/t15?,16-/m1/s1. The molecule has 2 aromatic rings. The molecule has 0 spiro atoms. The number of nitrogens with one attached hydrogen (secondary N) is 1. The number of carboxylic acid groups (broad SMARTS) is 1. The van der Waals surface area contributed by atoms with Gasteiger partial charge in [-0.1, -0.05) is 60.7 Å². The van der Waals surface area contributed by atoms with Gasteiger partial charge in [0.1, 0.15) is 0 Å². The average molecular weight is 329 g/mol. The lowest BCUT2D eigenvalue weighted by molar-refractivity contribution is -0.142. The van der Waals surface area contributed by atoms with Crippen LogP contribution in [0.5, 0.6) is 0 Å². The number of carboxylic acids is 1. The third-order valence-corrected chi connectivity index (χ3v) is 4.02. The Hall–Kier alpha value is -2.27. The number of aliphatic carboxylic acids is 1. The van der Waals surface area contributed by atoms with Gasteiger partial charge in [0.15, 0.2) is 6.04 Å². The lowest BCUT2D eigenvalue weighted by Gasteiger charge is -2.19. The SMILES string of the molecule is O=C(N[C@@H](C(=O)O)c1ccccc1)C(CS)Cc1ccccc1. The van der Waals surface area contributed by atoms with E-state index in [4.69, 9.17) is 0 Å². The van der Waals surface area contributed by atoms with Crippen LogP contribution in [-0.2, 0) is 16.0 Å². The second-order valence-corrected chi connectivity index (χ2v) is 5.62. The van der Waals surface area contributed by atoms with Crippen LogP contribution in [0.15, 0.2) is 60.7 Å². The molecule has 2 rings (SSSR count). The molecule has 0 heterocycles. The fourth-order valence-corrected chi connectivity index (χ4v) is 2.63. The van der Waals surface area contributed by atoms with E-state index in [-0.39, 0.29) is 11.8 Å². The summed E-state index contributed by atoms with van der Waals surface area (Å²) in [6.07, 6.45) is 0.525.